The van der Waals surface area contributed by atoms with Crippen molar-refractivity contribution in [1.29, 1.82) is 0 Å². The minimum Gasteiger partial charge on any atom is -0.309 e. The number of imidazole rings is 1. The van der Waals surface area contributed by atoms with E-state index in [9.17, 15) is 4.79 Å². The number of nitrogens with zero attached hydrogens (tertiary/aromatic N) is 3. The van der Waals surface area contributed by atoms with Gasteiger partial charge in [-0.2, -0.15) is 0 Å². The van der Waals surface area contributed by atoms with Crippen molar-refractivity contribution < 1.29 is 0 Å². The lowest BCUT2D eigenvalue weighted by molar-refractivity contribution is 0.565. The molecule has 2 aromatic rings. The third-order valence-corrected chi connectivity index (χ3v) is 3.38. The Balaban J connectivity index is 1.49. The molecule has 1 aliphatic carbocycles. The Morgan fingerprint density at radius 3 is 2.95 bits per heavy atom. The second kappa shape index (κ2) is 5.40. The second-order valence-corrected chi connectivity index (χ2v) is 4.91. The number of hydrogen-bond acceptors (Lipinski definition) is 3. The SMILES string of the molecule is O=c1n(CCNCc2ccccn2)ccn1C1CC1. The Morgan fingerprint density at radius 2 is 2.21 bits per heavy atom. The molecule has 19 heavy (non-hydrogen) atoms. The van der Waals surface area contributed by atoms with E-state index in [0.29, 0.717) is 12.6 Å². The molecule has 1 N–H and O–H groups in total. The quantitative estimate of drug-likeness (QED) is 0.791. The molecule has 2 heterocycles. The molecule has 0 amide bonds. The first-order chi connectivity index (χ1) is 9.34. The van der Waals surface area contributed by atoms with Crippen LogP contribution in [0.25, 0.3) is 0 Å². The van der Waals surface area contributed by atoms with Crippen molar-refractivity contribution in [2.75, 3.05) is 6.54 Å². The molecular weight excluding hydrogens is 240 g/mol. The molecule has 1 aliphatic rings. The van der Waals surface area contributed by atoms with Gasteiger partial charge >= 0.3 is 5.69 Å². The van der Waals surface area contributed by atoms with Crippen molar-refractivity contribution in [3.8, 4) is 0 Å². The van der Waals surface area contributed by atoms with E-state index in [1.807, 2.05) is 35.2 Å². The van der Waals surface area contributed by atoms with Crippen LogP contribution in [-0.4, -0.2) is 20.7 Å². The average molecular weight is 258 g/mol. The molecule has 1 fully saturated rings. The van der Waals surface area contributed by atoms with Crippen LogP contribution in [0.4, 0.5) is 0 Å². The molecule has 5 nitrogen and oxygen atoms in total. The van der Waals surface area contributed by atoms with Crippen LogP contribution in [-0.2, 0) is 13.1 Å². The minimum atomic E-state index is 0.113. The van der Waals surface area contributed by atoms with E-state index in [2.05, 4.69) is 10.3 Å². The summed E-state index contributed by atoms with van der Waals surface area (Å²) in [7, 11) is 0. The highest BCUT2D eigenvalue weighted by Gasteiger charge is 2.25. The van der Waals surface area contributed by atoms with Gasteiger partial charge in [0.1, 0.15) is 0 Å². The lowest BCUT2D eigenvalue weighted by Crippen LogP contribution is -2.28. The standard InChI is InChI=1S/C14H18N4O/c19-14-17(9-10-18(14)13-4-5-13)8-7-15-11-12-3-1-2-6-16-12/h1-3,6,9-10,13,15H,4-5,7-8,11H2. The molecule has 0 radical (unpaired) electrons. The van der Waals surface area contributed by atoms with Crippen LogP contribution in [0.5, 0.6) is 0 Å². The van der Waals surface area contributed by atoms with E-state index in [1.54, 1.807) is 10.8 Å². The van der Waals surface area contributed by atoms with Crippen molar-refractivity contribution in [3.05, 3.63) is 53.0 Å². The molecule has 0 spiro atoms. The van der Waals surface area contributed by atoms with Gasteiger partial charge in [-0.15, -0.1) is 0 Å². The highest BCUT2D eigenvalue weighted by atomic mass is 16.1. The van der Waals surface area contributed by atoms with Gasteiger partial charge in [-0.25, -0.2) is 4.79 Å². The van der Waals surface area contributed by atoms with Gasteiger partial charge in [-0.3, -0.25) is 14.1 Å². The van der Waals surface area contributed by atoms with Crippen LogP contribution < -0.4 is 11.0 Å². The molecule has 3 rings (SSSR count). The summed E-state index contributed by atoms with van der Waals surface area (Å²) in [6.07, 6.45) is 7.85. The average Bonchev–Trinajstić information content (AvgIpc) is 3.21. The Kier molecular flexibility index (Phi) is 3.46. The maximum atomic E-state index is 12.0. The molecule has 2 aromatic heterocycles. The Morgan fingerprint density at radius 1 is 1.32 bits per heavy atom. The van der Waals surface area contributed by atoms with E-state index in [-0.39, 0.29) is 5.69 Å². The first kappa shape index (κ1) is 12.2. The highest BCUT2D eigenvalue weighted by Crippen LogP contribution is 2.33. The molecular formula is C14H18N4O. The van der Waals surface area contributed by atoms with Gasteiger partial charge in [-0.1, -0.05) is 6.07 Å². The van der Waals surface area contributed by atoms with Crippen LogP contribution in [0.2, 0.25) is 0 Å². The molecule has 0 saturated heterocycles. The number of pyridine rings is 1. The number of aromatic nitrogens is 3. The first-order valence-electron chi connectivity index (χ1n) is 6.72. The Hall–Kier alpha value is -1.88. The summed E-state index contributed by atoms with van der Waals surface area (Å²) < 4.78 is 3.61. The molecule has 100 valence electrons. The summed E-state index contributed by atoms with van der Waals surface area (Å²) in [4.78, 5) is 16.2. The number of hydrogen-bond donors (Lipinski definition) is 1. The summed E-state index contributed by atoms with van der Waals surface area (Å²) in [5, 5.41) is 3.30. The van der Waals surface area contributed by atoms with Gasteiger partial charge in [0.05, 0.1) is 5.69 Å². The summed E-state index contributed by atoms with van der Waals surface area (Å²) in [6, 6.07) is 6.33. The molecule has 0 unspecified atom stereocenters. The zero-order valence-corrected chi connectivity index (χ0v) is 10.8. The van der Waals surface area contributed by atoms with Crippen LogP contribution in [0.1, 0.15) is 24.6 Å². The van der Waals surface area contributed by atoms with E-state index < -0.39 is 0 Å². The number of rotatable bonds is 6. The maximum Gasteiger partial charge on any atom is 0.328 e. The predicted octanol–water partition coefficient (Wildman–Crippen LogP) is 1.17. The Bertz CT molecular complexity index is 583. The fourth-order valence-corrected chi connectivity index (χ4v) is 2.15. The van der Waals surface area contributed by atoms with Crippen LogP contribution in [0, 0.1) is 0 Å². The predicted molar refractivity (Wildman–Crippen MR) is 72.9 cm³/mol. The normalized spacial score (nSPS) is 14.7. The zero-order valence-electron chi connectivity index (χ0n) is 10.8. The number of nitrogens with one attached hydrogen (secondary N) is 1. The van der Waals surface area contributed by atoms with Gasteiger partial charge in [0, 0.05) is 44.3 Å². The fourth-order valence-electron chi connectivity index (χ4n) is 2.15. The minimum absolute atomic E-state index is 0.113. The molecule has 1 saturated carbocycles. The zero-order chi connectivity index (χ0) is 13.1. The summed E-state index contributed by atoms with van der Waals surface area (Å²) >= 11 is 0. The first-order valence-corrected chi connectivity index (χ1v) is 6.72. The monoisotopic (exact) mass is 258 g/mol. The van der Waals surface area contributed by atoms with E-state index in [0.717, 1.165) is 31.6 Å². The van der Waals surface area contributed by atoms with Gasteiger partial charge in [0.25, 0.3) is 0 Å². The van der Waals surface area contributed by atoms with Crippen molar-refractivity contribution in [1.82, 2.24) is 19.4 Å². The lowest BCUT2D eigenvalue weighted by Gasteiger charge is -2.04. The summed E-state index contributed by atoms with van der Waals surface area (Å²) in [5.74, 6) is 0. The molecule has 0 bridgehead atoms. The fraction of sp³-hybridized carbons (Fsp3) is 0.429. The molecule has 0 atom stereocenters. The topological polar surface area (TPSA) is 51.9 Å². The van der Waals surface area contributed by atoms with Crippen LogP contribution in [0.15, 0.2) is 41.6 Å². The largest absolute Gasteiger partial charge is 0.328 e. The van der Waals surface area contributed by atoms with Gasteiger partial charge in [0.2, 0.25) is 0 Å². The third kappa shape index (κ3) is 2.93. The van der Waals surface area contributed by atoms with E-state index >= 15 is 0 Å². The van der Waals surface area contributed by atoms with Crippen molar-refractivity contribution in [2.24, 2.45) is 0 Å². The maximum absolute atomic E-state index is 12.0. The summed E-state index contributed by atoms with van der Waals surface area (Å²) in [5.41, 5.74) is 1.13. The van der Waals surface area contributed by atoms with Gasteiger partial charge in [-0.05, 0) is 25.0 Å². The second-order valence-electron chi connectivity index (χ2n) is 4.91. The van der Waals surface area contributed by atoms with Crippen molar-refractivity contribution >= 4 is 0 Å². The highest BCUT2D eigenvalue weighted by molar-refractivity contribution is 5.02. The van der Waals surface area contributed by atoms with Gasteiger partial charge in [0.15, 0.2) is 0 Å². The van der Waals surface area contributed by atoms with Crippen LogP contribution >= 0.6 is 0 Å². The van der Waals surface area contributed by atoms with E-state index in [1.165, 1.54) is 0 Å². The van der Waals surface area contributed by atoms with Crippen molar-refractivity contribution in [3.63, 3.8) is 0 Å². The summed E-state index contributed by atoms with van der Waals surface area (Å²) in [6.45, 7) is 2.20. The molecule has 5 heteroatoms. The van der Waals surface area contributed by atoms with E-state index in [4.69, 9.17) is 0 Å². The smallest absolute Gasteiger partial charge is 0.309 e. The molecule has 0 aromatic carbocycles. The Labute approximate surface area is 111 Å². The molecule has 0 aliphatic heterocycles. The third-order valence-electron chi connectivity index (χ3n) is 3.38. The van der Waals surface area contributed by atoms with Crippen molar-refractivity contribution in [2.45, 2.75) is 32.0 Å². The van der Waals surface area contributed by atoms with Crippen LogP contribution in [0.3, 0.4) is 0 Å². The lowest BCUT2D eigenvalue weighted by atomic mass is 10.3. The van der Waals surface area contributed by atoms with Gasteiger partial charge < -0.3 is 5.32 Å².